The van der Waals surface area contributed by atoms with E-state index in [1.54, 1.807) is 29.2 Å². The van der Waals surface area contributed by atoms with Gasteiger partial charge in [0.15, 0.2) is 5.58 Å². The molecule has 3 aromatic rings. The molecule has 0 saturated heterocycles. The highest BCUT2D eigenvalue weighted by Gasteiger charge is 2.15. The molecule has 0 amide bonds. The summed E-state index contributed by atoms with van der Waals surface area (Å²) >= 11 is 0. The van der Waals surface area contributed by atoms with E-state index in [0.717, 1.165) is 0 Å². The van der Waals surface area contributed by atoms with E-state index in [-0.39, 0.29) is 5.82 Å². The number of nitrogen functional groups attached to an aromatic ring is 1. The summed E-state index contributed by atoms with van der Waals surface area (Å²) in [5.41, 5.74) is 8.41. The van der Waals surface area contributed by atoms with E-state index in [9.17, 15) is 4.39 Å². The van der Waals surface area contributed by atoms with Crippen molar-refractivity contribution in [1.29, 1.82) is 0 Å². The maximum Gasteiger partial charge on any atom is 0.302 e. The van der Waals surface area contributed by atoms with Crippen LogP contribution in [0.2, 0.25) is 0 Å². The third-order valence-electron chi connectivity index (χ3n) is 3.07. The van der Waals surface area contributed by atoms with Crippen LogP contribution in [0.4, 0.5) is 21.8 Å². The molecule has 0 fully saturated rings. The van der Waals surface area contributed by atoms with Crippen LogP contribution < -0.4 is 10.6 Å². The number of benzene rings is 2. The van der Waals surface area contributed by atoms with Gasteiger partial charge in [-0.25, -0.2) is 4.39 Å². The lowest BCUT2D eigenvalue weighted by Gasteiger charge is -2.18. The Bertz CT molecular complexity index is 754. The highest BCUT2D eigenvalue weighted by molar-refractivity contribution is 5.79. The Labute approximate surface area is 115 Å². The maximum atomic E-state index is 13.3. The third-order valence-corrected chi connectivity index (χ3v) is 3.07. The van der Waals surface area contributed by atoms with Crippen molar-refractivity contribution < 1.29 is 8.81 Å². The van der Waals surface area contributed by atoms with Gasteiger partial charge < -0.3 is 10.2 Å². The second kappa shape index (κ2) is 4.85. The summed E-state index contributed by atoms with van der Waals surface area (Å²) in [6, 6.07) is 12.1. The molecule has 0 bridgehead atoms. The first-order valence-corrected chi connectivity index (χ1v) is 6.36. The first-order valence-electron chi connectivity index (χ1n) is 6.36. The monoisotopic (exact) mass is 271 g/mol. The predicted octanol–water partition coefficient (Wildman–Crippen LogP) is 3.71. The number of halogens is 1. The molecule has 2 aromatic carbocycles. The number of nitrogens with zero attached hydrogens (tertiary/aromatic N) is 2. The molecule has 0 atom stereocenters. The van der Waals surface area contributed by atoms with E-state index >= 15 is 0 Å². The van der Waals surface area contributed by atoms with Crippen LogP contribution in [0.5, 0.6) is 0 Å². The molecule has 5 heteroatoms. The molecule has 0 aliphatic carbocycles. The lowest BCUT2D eigenvalue weighted by Crippen LogP contribution is -2.16. The van der Waals surface area contributed by atoms with Gasteiger partial charge in [-0.3, -0.25) is 4.90 Å². The molecule has 1 aromatic heterocycles. The van der Waals surface area contributed by atoms with Gasteiger partial charge in [-0.2, -0.15) is 4.98 Å². The minimum Gasteiger partial charge on any atom is -0.423 e. The van der Waals surface area contributed by atoms with Crippen LogP contribution in [0.1, 0.15) is 6.92 Å². The van der Waals surface area contributed by atoms with Crippen molar-refractivity contribution in [3.63, 3.8) is 0 Å². The van der Waals surface area contributed by atoms with Crippen LogP contribution in [-0.2, 0) is 0 Å². The topological polar surface area (TPSA) is 55.3 Å². The van der Waals surface area contributed by atoms with Crippen molar-refractivity contribution in [2.45, 2.75) is 6.92 Å². The van der Waals surface area contributed by atoms with Gasteiger partial charge in [0.05, 0.1) is 0 Å². The molecule has 0 saturated carbocycles. The number of fused-ring (bicyclic) bond motifs is 1. The number of hydrogen-bond acceptors (Lipinski definition) is 4. The fourth-order valence-corrected chi connectivity index (χ4v) is 2.12. The molecular formula is C15H14FN3O. The SMILES string of the molecule is CCN(c1cccc(F)c1)c1nc2cc(N)ccc2o1. The zero-order valence-electron chi connectivity index (χ0n) is 11.0. The van der Waals surface area contributed by atoms with Gasteiger partial charge in [0.1, 0.15) is 11.3 Å². The lowest BCUT2D eigenvalue weighted by atomic mass is 10.3. The average Bonchev–Trinajstić information content (AvgIpc) is 2.82. The summed E-state index contributed by atoms with van der Waals surface area (Å²) < 4.78 is 19.0. The quantitative estimate of drug-likeness (QED) is 0.738. The Hall–Kier alpha value is -2.56. The Morgan fingerprint density at radius 2 is 2.10 bits per heavy atom. The van der Waals surface area contributed by atoms with Crippen molar-refractivity contribution in [2.75, 3.05) is 17.2 Å². The number of nitrogens with two attached hydrogens (primary N) is 1. The van der Waals surface area contributed by atoms with Gasteiger partial charge in [-0.15, -0.1) is 0 Å². The van der Waals surface area contributed by atoms with Crippen molar-refractivity contribution in [3.8, 4) is 0 Å². The van der Waals surface area contributed by atoms with E-state index in [1.807, 2.05) is 13.0 Å². The molecule has 1 heterocycles. The normalized spacial score (nSPS) is 10.9. The number of hydrogen-bond donors (Lipinski definition) is 1. The number of rotatable bonds is 3. The zero-order chi connectivity index (χ0) is 14.1. The molecule has 102 valence electrons. The van der Waals surface area contributed by atoms with E-state index in [2.05, 4.69) is 4.98 Å². The molecule has 2 N–H and O–H groups in total. The van der Waals surface area contributed by atoms with Crippen LogP contribution in [0.25, 0.3) is 11.1 Å². The third kappa shape index (κ3) is 2.18. The predicted molar refractivity (Wildman–Crippen MR) is 77.5 cm³/mol. The van der Waals surface area contributed by atoms with Crippen LogP contribution >= 0.6 is 0 Å². The van der Waals surface area contributed by atoms with Crippen molar-refractivity contribution >= 4 is 28.5 Å². The standard InChI is InChI=1S/C15H14FN3O/c1-2-19(12-5-3-4-10(16)8-12)15-18-13-9-11(17)6-7-14(13)20-15/h3-9H,2,17H2,1H3. The molecule has 20 heavy (non-hydrogen) atoms. The maximum absolute atomic E-state index is 13.3. The van der Waals surface area contributed by atoms with E-state index in [1.165, 1.54) is 12.1 Å². The summed E-state index contributed by atoms with van der Waals surface area (Å²) in [7, 11) is 0. The zero-order valence-corrected chi connectivity index (χ0v) is 11.0. The van der Waals surface area contributed by atoms with Gasteiger partial charge >= 0.3 is 6.01 Å². The number of anilines is 3. The fraction of sp³-hybridized carbons (Fsp3) is 0.133. The molecule has 0 aliphatic heterocycles. The Kier molecular flexibility index (Phi) is 3.02. The molecule has 3 rings (SSSR count). The minimum absolute atomic E-state index is 0.290. The van der Waals surface area contributed by atoms with Crippen molar-refractivity contribution in [3.05, 3.63) is 48.3 Å². The van der Waals surface area contributed by atoms with Crippen LogP contribution in [0, 0.1) is 5.82 Å². The largest absolute Gasteiger partial charge is 0.423 e. The molecule has 4 nitrogen and oxygen atoms in total. The molecular weight excluding hydrogens is 257 g/mol. The second-order valence-corrected chi connectivity index (χ2v) is 4.45. The van der Waals surface area contributed by atoms with Gasteiger partial charge in [0, 0.05) is 17.9 Å². The summed E-state index contributed by atoms with van der Waals surface area (Å²) in [5.74, 6) is -0.290. The molecule has 0 aliphatic rings. The highest BCUT2D eigenvalue weighted by atomic mass is 19.1. The summed E-state index contributed by atoms with van der Waals surface area (Å²) in [5, 5.41) is 0. The molecule has 0 unspecified atom stereocenters. The Morgan fingerprint density at radius 1 is 1.25 bits per heavy atom. The van der Waals surface area contributed by atoms with E-state index in [0.29, 0.717) is 35.0 Å². The van der Waals surface area contributed by atoms with Crippen LogP contribution in [-0.4, -0.2) is 11.5 Å². The summed E-state index contributed by atoms with van der Waals surface area (Å²) in [6.45, 7) is 2.57. The smallest absolute Gasteiger partial charge is 0.302 e. The van der Waals surface area contributed by atoms with Gasteiger partial charge in [0.25, 0.3) is 0 Å². The van der Waals surface area contributed by atoms with Crippen molar-refractivity contribution in [2.24, 2.45) is 0 Å². The number of aromatic nitrogens is 1. The first-order chi connectivity index (χ1) is 9.67. The second-order valence-electron chi connectivity index (χ2n) is 4.45. The summed E-state index contributed by atoms with van der Waals surface area (Å²) in [4.78, 5) is 6.21. The van der Waals surface area contributed by atoms with Gasteiger partial charge in [-0.1, -0.05) is 6.07 Å². The van der Waals surface area contributed by atoms with Crippen LogP contribution in [0.15, 0.2) is 46.9 Å². The Morgan fingerprint density at radius 3 is 2.85 bits per heavy atom. The van der Waals surface area contributed by atoms with E-state index in [4.69, 9.17) is 10.2 Å². The first kappa shape index (κ1) is 12.5. The van der Waals surface area contributed by atoms with Crippen LogP contribution in [0.3, 0.4) is 0 Å². The van der Waals surface area contributed by atoms with E-state index < -0.39 is 0 Å². The average molecular weight is 271 g/mol. The van der Waals surface area contributed by atoms with Gasteiger partial charge in [0.2, 0.25) is 0 Å². The summed E-state index contributed by atoms with van der Waals surface area (Å²) in [6.07, 6.45) is 0. The number of oxazole rings is 1. The van der Waals surface area contributed by atoms with Gasteiger partial charge in [-0.05, 0) is 43.3 Å². The lowest BCUT2D eigenvalue weighted by molar-refractivity contribution is 0.593. The Balaban J connectivity index is 2.07. The highest BCUT2D eigenvalue weighted by Crippen LogP contribution is 2.29. The minimum atomic E-state index is -0.290. The van der Waals surface area contributed by atoms with Crippen molar-refractivity contribution in [1.82, 2.24) is 4.98 Å². The molecule has 0 radical (unpaired) electrons. The molecule has 0 spiro atoms. The fourth-order valence-electron chi connectivity index (χ4n) is 2.12.